The van der Waals surface area contributed by atoms with Gasteiger partial charge in [0.2, 0.25) is 0 Å². The van der Waals surface area contributed by atoms with Crippen LogP contribution in [0.2, 0.25) is 0 Å². The van der Waals surface area contributed by atoms with Crippen molar-refractivity contribution in [3.8, 4) is 0 Å². The maximum absolute atomic E-state index is 13.6. The highest BCUT2D eigenvalue weighted by Crippen LogP contribution is 2.44. The van der Waals surface area contributed by atoms with E-state index in [2.05, 4.69) is 0 Å². The van der Waals surface area contributed by atoms with E-state index in [-0.39, 0.29) is 24.8 Å². The third kappa shape index (κ3) is 6.46. The highest BCUT2D eigenvalue weighted by Gasteiger charge is 2.58. The average molecular weight is 487 g/mol. The van der Waals surface area contributed by atoms with E-state index < -0.39 is 67.6 Å². The molecule has 0 bridgehead atoms. The van der Waals surface area contributed by atoms with E-state index in [0.29, 0.717) is 12.1 Å². The Labute approximate surface area is 176 Å². The SMILES string of the molecule is OC(CN(Cc1cccc(C(F)(F)C(F)(F)F)c1)C1CCCC(C(F)(F)F)C1)C(F)(F)F. The number of nitrogens with zero attached hydrogens (tertiary/aromatic N) is 1. The second-order valence-corrected chi connectivity index (χ2v) is 7.82. The summed E-state index contributed by atoms with van der Waals surface area (Å²) in [6, 6.07) is 1.78. The monoisotopic (exact) mass is 487 g/mol. The summed E-state index contributed by atoms with van der Waals surface area (Å²) < 4.78 is 143. The number of rotatable bonds is 6. The first-order valence-corrected chi connectivity index (χ1v) is 9.52. The molecule has 32 heavy (non-hydrogen) atoms. The quantitative estimate of drug-likeness (QED) is 0.484. The molecule has 1 N–H and O–H groups in total. The fraction of sp³-hybridized carbons (Fsp3) is 0.684. The molecule has 0 spiro atoms. The summed E-state index contributed by atoms with van der Waals surface area (Å²) in [5, 5.41) is 9.42. The second kappa shape index (κ2) is 9.32. The number of halogens is 11. The molecular formula is C19H20F11NO. The Morgan fingerprint density at radius 2 is 1.56 bits per heavy atom. The van der Waals surface area contributed by atoms with Gasteiger partial charge in [-0.15, -0.1) is 0 Å². The maximum Gasteiger partial charge on any atom is 0.458 e. The molecule has 1 aliphatic rings. The minimum atomic E-state index is -5.92. The van der Waals surface area contributed by atoms with Crippen molar-refractivity contribution in [2.45, 2.75) is 68.8 Å². The van der Waals surface area contributed by atoms with Crippen LogP contribution in [0.3, 0.4) is 0 Å². The molecule has 13 heteroatoms. The van der Waals surface area contributed by atoms with E-state index in [4.69, 9.17) is 0 Å². The molecule has 184 valence electrons. The highest BCUT2D eigenvalue weighted by atomic mass is 19.4. The smallest absolute Gasteiger partial charge is 0.382 e. The Bertz CT molecular complexity index is 757. The Morgan fingerprint density at radius 1 is 0.938 bits per heavy atom. The zero-order chi connectivity index (χ0) is 24.5. The fourth-order valence-corrected chi connectivity index (χ4v) is 3.72. The van der Waals surface area contributed by atoms with Gasteiger partial charge in [0.05, 0.1) is 5.92 Å². The molecule has 1 aromatic carbocycles. The summed E-state index contributed by atoms with van der Waals surface area (Å²) in [5.41, 5.74) is -1.70. The van der Waals surface area contributed by atoms with Crippen molar-refractivity contribution in [2.75, 3.05) is 6.54 Å². The predicted molar refractivity (Wildman–Crippen MR) is 90.7 cm³/mol. The number of hydrogen-bond acceptors (Lipinski definition) is 2. The molecule has 1 fully saturated rings. The van der Waals surface area contributed by atoms with Crippen molar-refractivity contribution >= 4 is 0 Å². The minimum Gasteiger partial charge on any atom is -0.382 e. The van der Waals surface area contributed by atoms with E-state index in [0.717, 1.165) is 17.0 Å². The molecule has 2 nitrogen and oxygen atoms in total. The van der Waals surface area contributed by atoms with Crippen LogP contribution in [-0.4, -0.2) is 47.2 Å². The van der Waals surface area contributed by atoms with Gasteiger partial charge in [-0.25, -0.2) is 0 Å². The maximum atomic E-state index is 13.6. The number of alkyl halides is 11. The van der Waals surface area contributed by atoms with E-state index in [1.165, 1.54) is 0 Å². The summed E-state index contributed by atoms with van der Waals surface area (Å²) in [7, 11) is 0. The average Bonchev–Trinajstić information content (AvgIpc) is 2.65. The lowest BCUT2D eigenvalue weighted by molar-refractivity contribution is -0.289. The van der Waals surface area contributed by atoms with E-state index in [1.54, 1.807) is 0 Å². The molecule has 0 saturated heterocycles. The topological polar surface area (TPSA) is 23.5 Å². The summed E-state index contributed by atoms with van der Waals surface area (Å²) in [6.45, 7) is -1.80. The van der Waals surface area contributed by atoms with E-state index in [1.807, 2.05) is 0 Å². The lowest BCUT2D eigenvalue weighted by atomic mass is 9.84. The molecule has 0 radical (unpaired) electrons. The van der Waals surface area contributed by atoms with Gasteiger partial charge in [0.1, 0.15) is 0 Å². The third-order valence-corrected chi connectivity index (χ3v) is 5.44. The van der Waals surface area contributed by atoms with Gasteiger partial charge in [0, 0.05) is 24.7 Å². The number of hydrogen-bond donors (Lipinski definition) is 1. The van der Waals surface area contributed by atoms with Gasteiger partial charge in [-0.2, -0.15) is 48.3 Å². The summed E-state index contributed by atoms with van der Waals surface area (Å²) in [6.07, 6.45) is -19.3. The van der Waals surface area contributed by atoms with Crippen molar-refractivity contribution in [3.05, 3.63) is 35.4 Å². The Morgan fingerprint density at radius 3 is 2.09 bits per heavy atom. The Hall–Kier alpha value is -1.63. The molecule has 0 heterocycles. The van der Waals surface area contributed by atoms with E-state index in [9.17, 15) is 53.4 Å². The number of aliphatic hydroxyl groups is 1. The van der Waals surface area contributed by atoms with Crippen molar-refractivity contribution < 1.29 is 53.4 Å². The summed E-state index contributed by atoms with van der Waals surface area (Å²) in [5.74, 6) is -7.03. The van der Waals surface area contributed by atoms with Gasteiger partial charge in [-0.1, -0.05) is 24.6 Å². The van der Waals surface area contributed by atoms with Crippen molar-refractivity contribution in [2.24, 2.45) is 5.92 Å². The van der Waals surface area contributed by atoms with Crippen molar-refractivity contribution in [1.82, 2.24) is 4.90 Å². The molecule has 3 atom stereocenters. The molecule has 3 unspecified atom stereocenters. The van der Waals surface area contributed by atoms with Crippen LogP contribution >= 0.6 is 0 Å². The first-order chi connectivity index (χ1) is 14.4. The molecule has 2 rings (SSSR count). The predicted octanol–water partition coefficient (Wildman–Crippen LogP) is 6.19. The zero-order valence-corrected chi connectivity index (χ0v) is 16.3. The molecule has 0 aliphatic heterocycles. The van der Waals surface area contributed by atoms with Crippen molar-refractivity contribution in [3.63, 3.8) is 0 Å². The van der Waals surface area contributed by atoms with Gasteiger partial charge >= 0.3 is 24.5 Å². The molecule has 0 amide bonds. The Balaban J connectivity index is 2.32. The van der Waals surface area contributed by atoms with Crippen LogP contribution in [0.4, 0.5) is 48.3 Å². The van der Waals surface area contributed by atoms with Crippen LogP contribution in [0.15, 0.2) is 24.3 Å². The van der Waals surface area contributed by atoms with Gasteiger partial charge < -0.3 is 5.11 Å². The summed E-state index contributed by atoms with van der Waals surface area (Å²) >= 11 is 0. The molecule has 1 saturated carbocycles. The highest BCUT2D eigenvalue weighted by molar-refractivity contribution is 5.28. The fourth-order valence-electron chi connectivity index (χ4n) is 3.72. The van der Waals surface area contributed by atoms with Gasteiger partial charge in [-0.3, -0.25) is 4.90 Å². The summed E-state index contributed by atoms with van der Waals surface area (Å²) in [4.78, 5) is 0.862. The normalized spacial score (nSPS) is 22.3. The lowest BCUT2D eigenvalue weighted by Crippen LogP contribution is -2.47. The largest absolute Gasteiger partial charge is 0.458 e. The van der Waals surface area contributed by atoms with Crippen LogP contribution in [0.25, 0.3) is 0 Å². The standard InChI is InChI=1S/C19H20F11NO/c20-16(21,19(28,29)30)12-4-1-3-11(7-12)9-31(10-15(32)18(25,26)27)14-6-2-5-13(8-14)17(22,23)24/h1,3-4,7,13-15,32H,2,5-6,8-10H2. The Kier molecular flexibility index (Phi) is 7.75. The first kappa shape index (κ1) is 26.6. The second-order valence-electron chi connectivity index (χ2n) is 7.82. The molecule has 1 aliphatic carbocycles. The van der Waals surface area contributed by atoms with Gasteiger partial charge in [-0.05, 0) is 30.9 Å². The molecular weight excluding hydrogens is 467 g/mol. The third-order valence-electron chi connectivity index (χ3n) is 5.44. The zero-order valence-electron chi connectivity index (χ0n) is 16.3. The van der Waals surface area contributed by atoms with Crippen molar-refractivity contribution in [1.29, 1.82) is 0 Å². The molecule has 1 aromatic rings. The van der Waals surface area contributed by atoms with E-state index >= 15 is 0 Å². The van der Waals surface area contributed by atoms with Crippen LogP contribution in [0.1, 0.15) is 36.8 Å². The minimum absolute atomic E-state index is 0.0274. The van der Waals surface area contributed by atoms with Crippen LogP contribution < -0.4 is 0 Å². The van der Waals surface area contributed by atoms with Crippen LogP contribution in [-0.2, 0) is 12.5 Å². The molecule has 0 aromatic heterocycles. The lowest BCUT2D eigenvalue weighted by Gasteiger charge is -2.39. The van der Waals surface area contributed by atoms with Gasteiger partial charge in [0.15, 0.2) is 6.10 Å². The number of aliphatic hydroxyl groups excluding tert-OH is 1. The first-order valence-electron chi connectivity index (χ1n) is 9.52. The number of benzene rings is 1. The van der Waals surface area contributed by atoms with Gasteiger partial charge in [0.25, 0.3) is 0 Å². The van der Waals surface area contributed by atoms with Crippen LogP contribution in [0, 0.1) is 5.92 Å². The van der Waals surface area contributed by atoms with Crippen LogP contribution in [0.5, 0.6) is 0 Å².